The predicted octanol–water partition coefficient (Wildman–Crippen LogP) is -1.30. The lowest BCUT2D eigenvalue weighted by Crippen LogP contribution is -2.86. The van der Waals surface area contributed by atoms with Gasteiger partial charge in [0.05, 0.1) is 21.0 Å². The minimum Gasteiger partial charge on any atom is -0.427 e. The molecule has 3 fully saturated rings. The maximum atomic E-state index is 14.3. The molecule has 0 radical (unpaired) electrons. The van der Waals surface area contributed by atoms with Crippen LogP contribution in [0.1, 0.15) is 67.0 Å². The largest absolute Gasteiger partial charge is 0.427 e. The fraction of sp³-hybridized carbons (Fsp3) is 0.529. The number of amides is 7. The van der Waals surface area contributed by atoms with Crippen LogP contribution in [0.2, 0.25) is 0 Å². The van der Waals surface area contributed by atoms with Gasteiger partial charge >= 0.3 is 41.7 Å². The Bertz CT molecular complexity index is 1910. The second-order valence-electron chi connectivity index (χ2n) is 14.3. The van der Waals surface area contributed by atoms with Gasteiger partial charge in [-0.1, -0.05) is 6.07 Å². The van der Waals surface area contributed by atoms with Gasteiger partial charge < -0.3 is 44.7 Å². The molecule has 4 rings (SSSR count). The van der Waals surface area contributed by atoms with Crippen molar-refractivity contribution in [1.82, 2.24) is 30.7 Å². The highest BCUT2D eigenvalue weighted by molar-refractivity contribution is 7.87. The van der Waals surface area contributed by atoms with Gasteiger partial charge in [-0.15, -0.1) is 0 Å². The van der Waals surface area contributed by atoms with E-state index in [1.807, 2.05) is 0 Å². The van der Waals surface area contributed by atoms with Crippen molar-refractivity contribution in [3.05, 3.63) is 23.8 Å². The van der Waals surface area contributed by atoms with E-state index in [9.17, 15) is 52.2 Å². The average Bonchev–Trinajstić information content (AvgIpc) is 3.30. The molecule has 304 valence electrons. The van der Waals surface area contributed by atoms with E-state index in [2.05, 4.69) is 16.0 Å². The van der Waals surface area contributed by atoms with Crippen LogP contribution in [-0.2, 0) is 63.4 Å². The molecule has 56 heavy (non-hydrogen) atoms. The van der Waals surface area contributed by atoms with E-state index < -0.39 is 104 Å². The Morgan fingerprint density at radius 2 is 1.59 bits per heavy atom. The Kier molecular flexibility index (Phi) is 12.3. The third-order valence-corrected chi connectivity index (χ3v) is 11.2. The molecule has 22 heteroatoms. The molecule has 0 aliphatic carbocycles. The lowest BCUT2D eigenvalue weighted by Gasteiger charge is -2.52. The first kappa shape index (κ1) is 42.8. The number of carbonyl (C=O) groups is 10. The summed E-state index contributed by atoms with van der Waals surface area (Å²) in [6.45, 7) is 10.2. The topological polar surface area (TPSA) is 270 Å². The van der Waals surface area contributed by atoms with Crippen LogP contribution in [-0.4, -0.2) is 127 Å². The number of benzene rings is 1. The van der Waals surface area contributed by atoms with Crippen LogP contribution in [0.25, 0.3) is 0 Å². The monoisotopic (exact) mass is 806 g/mol. The fourth-order valence-corrected chi connectivity index (χ4v) is 8.11. The number of esters is 4. The number of nitrogens with one attached hydrogen (secondary N) is 3. The molecule has 0 saturated carbocycles. The fourth-order valence-electron chi connectivity index (χ4n) is 6.13. The number of carbonyl (C=O) groups excluding carboxylic acids is 10. The van der Waals surface area contributed by atoms with Crippen LogP contribution < -0.4 is 25.4 Å². The number of piperazine rings is 1. The highest BCUT2D eigenvalue weighted by Gasteiger charge is 2.76. The summed E-state index contributed by atoms with van der Waals surface area (Å²) in [5.41, 5.74) is -3.62. The van der Waals surface area contributed by atoms with Crippen molar-refractivity contribution in [2.75, 3.05) is 26.4 Å². The lowest BCUT2D eigenvalue weighted by atomic mass is 9.90. The number of hydrogen-bond acceptors (Lipinski definition) is 15. The van der Waals surface area contributed by atoms with E-state index in [0.717, 1.165) is 30.9 Å². The van der Waals surface area contributed by atoms with E-state index in [0.29, 0.717) is 4.90 Å². The minimum atomic E-state index is -2.49. The molecule has 7 amide bonds. The quantitative estimate of drug-likeness (QED) is 0.0554. The number of nitrogens with zero attached hydrogens (tertiary/aromatic N) is 3. The molecule has 0 bridgehead atoms. The number of fused-ring (bicyclic) bond motifs is 1. The molecule has 1 aromatic carbocycles. The van der Waals surface area contributed by atoms with Crippen LogP contribution >= 0.6 is 0 Å². The number of rotatable bonds is 12. The second kappa shape index (κ2) is 16.0. The molecule has 0 spiro atoms. The molecule has 1 aromatic rings. The van der Waals surface area contributed by atoms with Crippen LogP contribution in [0, 0.1) is 5.41 Å². The summed E-state index contributed by atoms with van der Waals surface area (Å²) < 4.78 is 32.8. The van der Waals surface area contributed by atoms with Crippen LogP contribution in [0.3, 0.4) is 0 Å². The normalized spacial score (nSPS) is 23.2. The van der Waals surface area contributed by atoms with Crippen molar-refractivity contribution in [1.29, 1.82) is 0 Å². The molecule has 3 N–H and O–H groups in total. The van der Waals surface area contributed by atoms with Crippen molar-refractivity contribution >= 4 is 70.7 Å². The number of imide groups is 1. The first-order valence-electron chi connectivity index (χ1n) is 17.1. The van der Waals surface area contributed by atoms with E-state index in [4.69, 9.17) is 18.9 Å². The van der Waals surface area contributed by atoms with Crippen LogP contribution in [0.5, 0.6) is 11.5 Å². The highest BCUT2D eigenvalue weighted by atomic mass is 32.2. The third-order valence-electron chi connectivity index (χ3n) is 8.96. The van der Waals surface area contributed by atoms with Gasteiger partial charge in [0.2, 0.25) is 24.8 Å². The molecule has 0 aromatic heterocycles. The predicted molar refractivity (Wildman–Crippen MR) is 188 cm³/mol. The van der Waals surface area contributed by atoms with Gasteiger partial charge in [0, 0.05) is 33.5 Å². The van der Waals surface area contributed by atoms with Gasteiger partial charge in [0.15, 0.2) is 16.9 Å². The Morgan fingerprint density at radius 1 is 0.964 bits per heavy atom. The molecule has 3 saturated heterocycles. The smallest absolute Gasteiger partial charge is 0.333 e. The molecule has 3 aliphatic rings. The van der Waals surface area contributed by atoms with Crippen LogP contribution in [0.4, 0.5) is 4.79 Å². The molecule has 3 aliphatic heterocycles. The van der Waals surface area contributed by atoms with E-state index in [1.165, 1.54) is 24.8 Å². The number of hydrogen-bond donors (Lipinski definition) is 3. The van der Waals surface area contributed by atoms with Gasteiger partial charge in [-0.2, -0.15) is 0 Å². The van der Waals surface area contributed by atoms with Gasteiger partial charge in [0.25, 0.3) is 5.91 Å². The Labute approximate surface area is 322 Å². The summed E-state index contributed by atoms with van der Waals surface area (Å²) in [6.07, 6.45) is 0.0368. The standard InChI is InChI=1S/C34H42N6O15S/c1-9-38-12-13-39(26(46)25(38)45)31(50)36-22(19-10-11-20(54-17(2)42)21(14-19)55-18(3)43)24(44)37-34(35-15-41)28(48)40-23(33(7,8)56(51)29(34)40)27(47)52-16-53-30(49)32(4,5)6/h10-11,14-15,22-23,29H,9,12-13,16H2,1-8H3,(H,35,41)(H,36,50)(H,37,44)/t22?,23-,29+,34+,56?/m0/s1. The maximum Gasteiger partial charge on any atom is 0.333 e. The summed E-state index contributed by atoms with van der Waals surface area (Å²) in [6, 6.07) is -1.40. The number of ether oxygens (including phenoxy) is 4. The van der Waals surface area contributed by atoms with Crippen molar-refractivity contribution in [3.8, 4) is 11.5 Å². The van der Waals surface area contributed by atoms with Gasteiger partial charge in [-0.05, 0) is 59.2 Å². The summed E-state index contributed by atoms with van der Waals surface area (Å²) in [5.74, 6) is -8.73. The van der Waals surface area contributed by atoms with Gasteiger partial charge in [-0.3, -0.25) is 47.5 Å². The van der Waals surface area contributed by atoms with Crippen molar-refractivity contribution in [2.45, 2.75) is 83.3 Å². The molecule has 21 nitrogen and oxygen atoms in total. The summed E-state index contributed by atoms with van der Waals surface area (Å²) >= 11 is 0. The molecular formula is C34H42N6O15S. The minimum absolute atomic E-state index is 0.0261. The van der Waals surface area contributed by atoms with E-state index >= 15 is 0 Å². The van der Waals surface area contributed by atoms with Gasteiger partial charge in [0.1, 0.15) is 12.1 Å². The van der Waals surface area contributed by atoms with Crippen molar-refractivity contribution < 1.29 is 71.1 Å². The molecule has 5 atom stereocenters. The average molecular weight is 807 g/mol. The SMILES string of the molecule is CCN1CCN(C(=O)NC(C(=O)N[C@]2(NC=O)C(=O)N3[C@@H](C(=O)OCOC(=O)C(C)(C)C)C(C)(C)S(=O)[C@@H]32)c2ccc(OC(C)=O)c(OC(C)=O)c2)C(=O)C1=O. The zero-order valence-electron chi connectivity index (χ0n) is 31.7. The first-order chi connectivity index (χ1) is 26.0. The van der Waals surface area contributed by atoms with Crippen molar-refractivity contribution in [3.63, 3.8) is 0 Å². The highest BCUT2D eigenvalue weighted by Crippen LogP contribution is 2.48. The second-order valence-corrected chi connectivity index (χ2v) is 16.4. The zero-order chi connectivity index (χ0) is 42.1. The molecule has 2 unspecified atom stereocenters. The lowest BCUT2D eigenvalue weighted by molar-refractivity contribution is -0.184. The Morgan fingerprint density at radius 3 is 2.16 bits per heavy atom. The van der Waals surface area contributed by atoms with Gasteiger partial charge in [-0.25, -0.2) is 9.59 Å². The molecular weight excluding hydrogens is 764 g/mol. The third kappa shape index (κ3) is 8.04. The Hall–Kier alpha value is -5.93. The Balaban J connectivity index is 1.71. The summed E-state index contributed by atoms with van der Waals surface area (Å²) in [7, 11) is -2.24. The number of urea groups is 1. The summed E-state index contributed by atoms with van der Waals surface area (Å²) in [4.78, 5) is 131. The molecule has 3 heterocycles. The first-order valence-corrected chi connectivity index (χ1v) is 18.3. The van der Waals surface area contributed by atoms with E-state index in [1.54, 1.807) is 27.7 Å². The summed E-state index contributed by atoms with van der Waals surface area (Å²) in [5, 5.41) is 5.24. The number of likely N-dealkylation sites (N-methyl/N-ethyl adjacent to an activating group) is 1. The van der Waals surface area contributed by atoms with Crippen molar-refractivity contribution in [2.24, 2.45) is 5.41 Å². The number of β-lactam (4-membered cyclic amide) rings is 1. The van der Waals surface area contributed by atoms with Crippen LogP contribution in [0.15, 0.2) is 18.2 Å². The van der Waals surface area contributed by atoms with E-state index in [-0.39, 0.29) is 43.1 Å². The zero-order valence-corrected chi connectivity index (χ0v) is 32.6. The maximum absolute atomic E-state index is 14.3.